The first-order valence-corrected chi connectivity index (χ1v) is 6.85. The Morgan fingerprint density at radius 2 is 1.78 bits per heavy atom. The first-order chi connectivity index (χ1) is 8.69. The zero-order chi connectivity index (χ0) is 13.4. The fraction of sp³-hybridized carbons (Fsp3) is 0.562. The number of rotatable bonds is 7. The smallest absolute Gasteiger partial charge is 0.0669 e. The van der Waals surface area contributed by atoms with Crippen molar-refractivity contribution in [3.63, 3.8) is 0 Å². The van der Waals surface area contributed by atoms with E-state index in [9.17, 15) is 0 Å². The summed E-state index contributed by atoms with van der Waals surface area (Å²) in [5.74, 6) is 0.148. The zero-order valence-corrected chi connectivity index (χ0v) is 11.8. The summed E-state index contributed by atoms with van der Waals surface area (Å²) in [5.41, 5.74) is 2.73. The maximum absolute atomic E-state index is 8.96. The van der Waals surface area contributed by atoms with Crippen molar-refractivity contribution in [2.24, 2.45) is 5.92 Å². The van der Waals surface area contributed by atoms with Crippen molar-refractivity contribution >= 4 is 0 Å². The summed E-state index contributed by atoms with van der Waals surface area (Å²) in [7, 11) is 2.08. The van der Waals surface area contributed by atoms with Gasteiger partial charge in [-0.15, -0.1) is 0 Å². The molecule has 1 atom stereocenters. The van der Waals surface area contributed by atoms with Crippen LogP contribution in [0.1, 0.15) is 37.8 Å². The summed E-state index contributed by atoms with van der Waals surface area (Å²) in [4.78, 5) is 2.23. The molecule has 0 aromatic heterocycles. The third kappa shape index (κ3) is 4.89. The summed E-state index contributed by atoms with van der Waals surface area (Å²) in [6.45, 7) is 6.05. The molecule has 1 rings (SSSR count). The Kier molecular flexibility index (Phi) is 6.46. The van der Waals surface area contributed by atoms with E-state index >= 15 is 0 Å². The van der Waals surface area contributed by atoms with Crippen molar-refractivity contribution in [3.8, 4) is 6.07 Å². The molecular weight excluding hydrogens is 220 g/mol. The number of nitriles is 1. The molecule has 0 aliphatic rings. The summed E-state index contributed by atoms with van der Waals surface area (Å²) in [6, 6.07) is 11.2. The minimum Gasteiger partial charge on any atom is -0.301 e. The third-order valence-electron chi connectivity index (χ3n) is 3.22. The van der Waals surface area contributed by atoms with Gasteiger partial charge in [0.2, 0.25) is 0 Å². The van der Waals surface area contributed by atoms with Crippen molar-refractivity contribution in [3.05, 3.63) is 35.4 Å². The van der Waals surface area contributed by atoms with Crippen LogP contribution in [0.2, 0.25) is 0 Å². The molecule has 1 aromatic rings. The van der Waals surface area contributed by atoms with Crippen LogP contribution in [0, 0.1) is 17.2 Å². The zero-order valence-electron chi connectivity index (χ0n) is 11.8. The first kappa shape index (κ1) is 14.7. The van der Waals surface area contributed by atoms with Gasteiger partial charge in [-0.25, -0.2) is 0 Å². The van der Waals surface area contributed by atoms with E-state index in [1.54, 1.807) is 0 Å². The maximum atomic E-state index is 8.96. The second-order valence-electron chi connectivity index (χ2n) is 5.00. The van der Waals surface area contributed by atoms with Gasteiger partial charge < -0.3 is 4.90 Å². The lowest BCUT2D eigenvalue weighted by molar-refractivity contribution is 0.292. The van der Waals surface area contributed by atoms with Gasteiger partial charge in [0.15, 0.2) is 0 Å². The van der Waals surface area contributed by atoms with E-state index in [0.717, 1.165) is 25.9 Å². The lowest BCUT2D eigenvalue weighted by Crippen LogP contribution is -2.24. The Hall–Kier alpha value is -1.33. The molecule has 0 saturated heterocycles. The Balaban J connectivity index is 2.49. The monoisotopic (exact) mass is 244 g/mol. The van der Waals surface area contributed by atoms with Crippen LogP contribution in [-0.4, -0.2) is 18.5 Å². The van der Waals surface area contributed by atoms with Crippen LogP contribution in [0.15, 0.2) is 24.3 Å². The van der Waals surface area contributed by atoms with E-state index in [1.165, 1.54) is 17.5 Å². The third-order valence-corrected chi connectivity index (χ3v) is 3.22. The topological polar surface area (TPSA) is 27.0 Å². The molecule has 0 saturated carbocycles. The van der Waals surface area contributed by atoms with Crippen LogP contribution >= 0.6 is 0 Å². The van der Waals surface area contributed by atoms with Gasteiger partial charge >= 0.3 is 0 Å². The highest BCUT2D eigenvalue weighted by atomic mass is 15.1. The molecule has 2 nitrogen and oxygen atoms in total. The Morgan fingerprint density at radius 1 is 1.17 bits per heavy atom. The number of benzene rings is 1. The molecular formula is C16H24N2. The Bertz CT molecular complexity index is 375. The van der Waals surface area contributed by atoms with Gasteiger partial charge in [0.25, 0.3) is 0 Å². The van der Waals surface area contributed by atoms with Crippen LogP contribution < -0.4 is 0 Å². The van der Waals surface area contributed by atoms with Crippen molar-refractivity contribution in [2.45, 2.75) is 39.7 Å². The van der Waals surface area contributed by atoms with E-state index in [1.807, 2.05) is 0 Å². The van der Waals surface area contributed by atoms with Crippen LogP contribution in [0.3, 0.4) is 0 Å². The molecule has 0 aliphatic heterocycles. The largest absolute Gasteiger partial charge is 0.301 e. The highest BCUT2D eigenvalue weighted by molar-refractivity contribution is 5.22. The van der Waals surface area contributed by atoms with Crippen molar-refractivity contribution in [1.82, 2.24) is 4.90 Å². The van der Waals surface area contributed by atoms with Crippen molar-refractivity contribution in [1.29, 1.82) is 5.26 Å². The average molecular weight is 244 g/mol. The standard InChI is InChI=1S/C16H24N2/c1-4-6-15-7-9-16(10-8-15)13-18(3)12-14(5-2)11-17/h7-10,14H,4-6,12-13H2,1-3H3. The second-order valence-corrected chi connectivity index (χ2v) is 5.00. The van der Waals surface area contributed by atoms with E-state index in [-0.39, 0.29) is 5.92 Å². The molecule has 0 spiro atoms. The van der Waals surface area contributed by atoms with E-state index in [2.05, 4.69) is 56.1 Å². The quantitative estimate of drug-likeness (QED) is 0.732. The summed E-state index contributed by atoms with van der Waals surface area (Å²) in [5, 5.41) is 8.96. The molecule has 0 heterocycles. The van der Waals surface area contributed by atoms with Gasteiger partial charge in [0.1, 0.15) is 0 Å². The Morgan fingerprint density at radius 3 is 2.28 bits per heavy atom. The minimum atomic E-state index is 0.148. The van der Waals surface area contributed by atoms with E-state index in [4.69, 9.17) is 5.26 Å². The summed E-state index contributed by atoms with van der Waals surface area (Å²) >= 11 is 0. The molecule has 1 unspecified atom stereocenters. The number of hydrogen-bond donors (Lipinski definition) is 0. The van der Waals surface area contributed by atoms with Gasteiger partial charge in [-0.3, -0.25) is 0 Å². The second kappa shape index (κ2) is 7.89. The van der Waals surface area contributed by atoms with Crippen molar-refractivity contribution in [2.75, 3.05) is 13.6 Å². The molecule has 0 amide bonds. The molecule has 0 fully saturated rings. The molecule has 1 aromatic carbocycles. The van der Waals surface area contributed by atoms with Crippen LogP contribution in [-0.2, 0) is 13.0 Å². The van der Waals surface area contributed by atoms with Gasteiger partial charge in [-0.05, 0) is 31.0 Å². The number of aryl methyl sites for hydroxylation is 1. The maximum Gasteiger partial charge on any atom is 0.0669 e. The number of hydrogen-bond acceptors (Lipinski definition) is 2. The predicted molar refractivity (Wildman–Crippen MR) is 76.2 cm³/mol. The average Bonchev–Trinajstić information content (AvgIpc) is 2.38. The van der Waals surface area contributed by atoms with Gasteiger partial charge in [-0.2, -0.15) is 5.26 Å². The SMILES string of the molecule is CCCc1ccc(CN(C)CC(C#N)CC)cc1. The highest BCUT2D eigenvalue weighted by Crippen LogP contribution is 2.10. The molecule has 98 valence electrons. The van der Waals surface area contributed by atoms with Crippen LogP contribution in [0.4, 0.5) is 0 Å². The number of nitrogens with zero attached hydrogens (tertiary/aromatic N) is 2. The Labute approximate surface area is 111 Å². The first-order valence-electron chi connectivity index (χ1n) is 6.85. The normalized spacial score (nSPS) is 12.4. The van der Waals surface area contributed by atoms with Gasteiger partial charge in [-0.1, -0.05) is 44.5 Å². The van der Waals surface area contributed by atoms with Crippen LogP contribution in [0.25, 0.3) is 0 Å². The lowest BCUT2D eigenvalue weighted by atomic mass is 10.1. The lowest BCUT2D eigenvalue weighted by Gasteiger charge is -2.19. The molecule has 0 N–H and O–H groups in total. The molecule has 0 radical (unpaired) electrons. The molecule has 2 heteroatoms. The van der Waals surface area contributed by atoms with Gasteiger partial charge in [0.05, 0.1) is 12.0 Å². The molecule has 0 bridgehead atoms. The van der Waals surface area contributed by atoms with E-state index < -0.39 is 0 Å². The summed E-state index contributed by atoms with van der Waals surface area (Å²) < 4.78 is 0. The van der Waals surface area contributed by atoms with Crippen LogP contribution in [0.5, 0.6) is 0 Å². The summed E-state index contributed by atoms with van der Waals surface area (Å²) in [6.07, 6.45) is 3.28. The minimum absolute atomic E-state index is 0.148. The van der Waals surface area contributed by atoms with E-state index in [0.29, 0.717) is 0 Å². The molecule has 0 aliphatic carbocycles. The predicted octanol–water partition coefficient (Wildman–Crippen LogP) is 3.62. The fourth-order valence-electron chi connectivity index (χ4n) is 2.11. The van der Waals surface area contributed by atoms with Gasteiger partial charge in [0, 0.05) is 13.1 Å². The molecule has 18 heavy (non-hydrogen) atoms. The fourth-order valence-corrected chi connectivity index (χ4v) is 2.11. The van der Waals surface area contributed by atoms with Crippen molar-refractivity contribution < 1.29 is 0 Å². The highest BCUT2D eigenvalue weighted by Gasteiger charge is 2.08.